The van der Waals surface area contributed by atoms with Gasteiger partial charge >= 0.3 is 0 Å². The van der Waals surface area contributed by atoms with Crippen molar-refractivity contribution in [3.05, 3.63) is 28.0 Å². The van der Waals surface area contributed by atoms with Gasteiger partial charge in [-0.15, -0.1) is 0 Å². The topological polar surface area (TPSA) is 24.9 Å². The molecule has 0 bridgehead atoms. The Bertz CT molecular complexity index is 322. The lowest BCUT2D eigenvalue weighted by Gasteiger charge is -2.23. The van der Waals surface area contributed by atoms with Crippen LogP contribution in [0.1, 0.15) is 30.9 Å². The number of hydrogen-bond donors (Lipinski definition) is 1. The van der Waals surface area contributed by atoms with Crippen molar-refractivity contribution >= 4 is 23.2 Å². The van der Waals surface area contributed by atoms with Gasteiger partial charge in [-0.3, -0.25) is 0 Å². The van der Waals surface area contributed by atoms with Gasteiger partial charge in [0, 0.05) is 12.2 Å². The summed E-state index contributed by atoms with van der Waals surface area (Å²) in [6, 6.07) is 2.30. The summed E-state index contributed by atoms with van der Waals surface area (Å²) < 4.78 is 0. The lowest BCUT2D eigenvalue weighted by molar-refractivity contribution is 0.411. The summed E-state index contributed by atoms with van der Waals surface area (Å²) in [5, 5.41) is 4.36. The standard InChI is InChI=1S/C10H12Cl2N2/c11-8-5-7(6-14-10(8)12)9-3-1-2-4-13-9/h5-6,9,13H,1-4H2/t9-/m1/s1. The molecule has 1 aromatic rings. The summed E-state index contributed by atoms with van der Waals surface area (Å²) in [6.07, 6.45) is 5.47. The van der Waals surface area contributed by atoms with Crippen LogP contribution in [-0.4, -0.2) is 11.5 Å². The van der Waals surface area contributed by atoms with Crippen molar-refractivity contribution in [2.45, 2.75) is 25.3 Å². The fraction of sp³-hybridized carbons (Fsp3) is 0.500. The molecule has 0 spiro atoms. The van der Waals surface area contributed by atoms with Crippen LogP contribution in [0.4, 0.5) is 0 Å². The Balaban J connectivity index is 2.18. The molecule has 1 N–H and O–H groups in total. The van der Waals surface area contributed by atoms with Gasteiger partial charge in [-0.2, -0.15) is 0 Å². The molecule has 0 saturated carbocycles. The highest BCUT2D eigenvalue weighted by Gasteiger charge is 2.15. The van der Waals surface area contributed by atoms with Crippen molar-refractivity contribution in [3.8, 4) is 0 Å². The minimum Gasteiger partial charge on any atom is -0.310 e. The van der Waals surface area contributed by atoms with E-state index in [9.17, 15) is 0 Å². The van der Waals surface area contributed by atoms with Gasteiger partial charge in [-0.05, 0) is 31.0 Å². The highest BCUT2D eigenvalue weighted by Crippen LogP contribution is 2.27. The van der Waals surface area contributed by atoms with E-state index in [1.165, 1.54) is 12.8 Å². The van der Waals surface area contributed by atoms with E-state index in [1.54, 1.807) is 6.20 Å². The zero-order chi connectivity index (χ0) is 9.97. The first-order chi connectivity index (χ1) is 6.77. The Kier molecular flexibility index (Phi) is 3.26. The predicted molar refractivity (Wildman–Crippen MR) is 58.9 cm³/mol. The van der Waals surface area contributed by atoms with Gasteiger partial charge in [0.1, 0.15) is 5.15 Å². The van der Waals surface area contributed by atoms with E-state index in [0.717, 1.165) is 18.5 Å². The maximum Gasteiger partial charge on any atom is 0.147 e. The van der Waals surface area contributed by atoms with Crippen LogP contribution >= 0.6 is 23.2 Å². The monoisotopic (exact) mass is 230 g/mol. The Morgan fingerprint density at radius 3 is 2.86 bits per heavy atom. The van der Waals surface area contributed by atoms with Gasteiger partial charge in [-0.25, -0.2) is 4.98 Å². The van der Waals surface area contributed by atoms with E-state index in [1.807, 2.05) is 6.07 Å². The summed E-state index contributed by atoms with van der Waals surface area (Å²) in [5.41, 5.74) is 1.14. The molecule has 2 heterocycles. The Hall–Kier alpha value is -0.310. The molecular weight excluding hydrogens is 219 g/mol. The van der Waals surface area contributed by atoms with E-state index in [2.05, 4.69) is 10.3 Å². The van der Waals surface area contributed by atoms with Crippen molar-refractivity contribution in [1.82, 2.24) is 10.3 Å². The second-order valence-electron chi connectivity index (χ2n) is 3.54. The molecule has 4 heteroatoms. The van der Waals surface area contributed by atoms with E-state index >= 15 is 0 Å². The van der Waals surface area contributed by atoms with Crippen LogP contribution in [0.5, 0.6) is 0 Å². The number of aromatic nitrogens is 1. The molecule has 0 aromatic carbocycles. The summed E-state index contributed by atoms with van der Waals surface area (Å²) in [6.45, 7) is 1.07. The normalized spacial score (nSPS) is 22.3. The molecule has 1 fully saturated rings. The fourth-order valence-corrected chi connectivity index (χ4v) is 2.04. The minimum atomic E-state index is 0.381. The van der Waals surface area contributed by atoms with Crippen molar-refractivity contribution in [3.63, 3.8) is 0 Å². The molecule has 2 rings (SSSR count). The van der Waals surface area contributed by atoms with E-state index < -0.39 is 0 Å². The number of nitrogens with zero attached hydrogens (tertiary/aromatic N) is 1. The zero-order valence-corrected chi connectivity index (χ0v) is 9.28. The van der Waals surface area contributed by atoms with Gasteiger partial charge in [0.25, 0.3) is 0 Å². The van der Waals surface area contributed by atoms with Crippen LogP contribution in [0.2, 0.25) is 10.2 Å². The number of nitrogens with one attached hydrogen (secondary N) is 1. The molecule has 1 atom stereocenters. The number of piperidine rings is 1. The summed E-state index contributed by atoms with van der Waals surface area (Å²) in [4.78, 5) is 4.05. The maximum atomic E-state index is 5.91. The Labute approximate surface area is 93.6 Å². The molecule has 0 amide bonds. The van der Waals surface area contributed by atoms with Gasteiger partial charge in [0.2, 0.25) is 0 Å². The van der Waals surface area contributed by atoms with Crippen LogP contribution in [0.15, 0.2) is 12.3 Å². The first kappa shape index (κ1) is 10.2. The van der Waals surface area contributed by atoms with Gasteiger partial charge in [0.05, 0.1) is 5.02 Å². The van der Waals surface area contributed by atoms with E-state index in [4.69, 9.17) is 23.2 Å². The molecule has 0 aliphatic carbocycles. The van der Waals surface area contributed by atoms with Gasteiger partial charge in [0.15, 0.2) is 0 Å². The molecule has 14 heavy (non-hydrogen) atoms. The highest BCUT2D eigenvalue weighted by atomic mass is 35.5. The molecule has 2 nitrogen and oxygen atoms in total. The minimum absolute atomic E-state index is 0.381. The Morgan fingerprint density at radius 2 is 2.21 bits per heavy atom. The summed E-state index contributed by atoms with van der Waals surface area (Å²) >= 11 is 11.7. The summed E-state index contributed by atoms with van der Waals surface area (Å²) in [7, 11) is 0. The van der Waals surface area contributed by atoms with Crippen LogP contribution in [0.25, 0.3) is 0 Å². The van der Waals surface area contributed by atoms with Crippen molar-refractivity contribution in [2.24, 2.45) is 0 Å². The van der Waals surface area contributed by atoms with Crippen LogP contribution in [0, 0.1) is 0 Å². The fourth-order valence-electron chi connectivity index (χ4n) is 1.76. The quantitative estimate of drug-likeness (QED) is 0.750. The predicted octanol–water partition coefficient (Wildman–Crippen LogP) is 3.20. The maximum absolute atomic E-state index is 5.91. The SMILES string of the molecule is Clc1cc([C@H]2CCCCN2)cnc1Cl. The molecule has 1 aromatic heterocycles. The molecule has 76 valence electrons. The zero-order valence-electron chi connectivity index (χ0n) is 7.76. The van der Waals surface area contributed by atoms with E-state index in [0.29, 0.717) is 16.2 Å². The van der Waals surface area contributed by atoms with Crippen LogP contribution < -0.4 is 5.32 Å². The molecule has 1 aliphatic rings. The largest absolute Gasteiger partial charge is 0.310 e. The lowest BCUT2D eigenvalue weighted by atomic mass is 9.99. The third kappa shape index (κ3) is 2.19. The van der Waals surface area contributed by atoms with Crippen molar-refractivity contribution < 1.29 is 0 Å². The summed E-state index contributed by atoms with van der Waals surface area (Å²) in [5.74, 6) is 0. The third-order valence-corrected chi connectivity index (χ3v) is 3.22. The second-order valence-corrected chi connectivity index (χ2v) is 4.31. The first-order valence-corrected chi connectivity index (χ1v) is 5.57. The molecule has 0 unspecified atom stereocenters. The number of halogens is 2. The molecular formula is C10H12Cl2N2. The first-order valence-electron chi connectivity index (χ1n) is 4.81. The number of rotatable bonds is 1. The molecule has 1 saturated heterocycles. The van der Waals surface area contributed by atoms with Crippen LogP contribution in [-0.2, 0) is 0 Å². The van der Waals surface area contributed by atoms with Crippen LogP contribution in [0.3, 0.4) is 0 Å². The lowest BCUT2D eigenvalue weighted by Crippen LogP contribution is -2.26. The average Bonchev–Trinajstić information content (AvgIpc) is 2.23. The second kappa shape index (κ2) is 4.47. The number of hydrogen-bond acceptors (Lipinski definition) is 2. The van der Waals surface area contributed by atoms with E-state index in [-0.39, 0.29) is 0 Å². The Morgan fingerprint density at radius 1 is 1.36 bits per heavy atom. The van der Waals surface area contributed by atoms with Gasteiger partial charge < -0.3 is 5.32 Å². The average molecular weight is 231 g/mol. The van der Waals surface area contributed by atoms with Gasteiger partial charge in [-0.1, -0.05) is 29.6 Å². The smallest absolute Gasteiger partial charge is 0.147 e. The van der Waals surface area contributed by atoms with Crippen molar-refractivity contribution in [2.75, 3.05) is 6.54 Å². The molecule has 1 aliphatic heterocycles. The van der Waals surface area contributed by atoms with Crippen molar-refractivity contribution in [1.29, 1.82) is 0 Å². The molecule has 0 radical (unpaired) electrons. The highest BCUT2D eigenvalue weighted by molar-refractivity contribution is 6.41. The number of pyridine rings is 1. The third-order valence-electron chi connectivity index (χ3n) is 2.53.